The number of hydrogen-bond acceptors (Lipinski definition) is 3. The monoisotopic (exact) mass is 342 g/mol. The molecule has 0 fully saturated rings. The van der Waals surface area contributed by atoms with Gasteiger partial charge >= 0.3 is 0 Å². The number of sulfone groups is 1. The first-order chi connectivity index (χ1) is 9.67. The van der Waals surface area contributed by atoms with Crippen molar-refractivity contribution in [1.29, 1.82) is 0 Å². The third-order valence-electron chi connectivity index (χ3n) is 4.46. The highest BCUT2D eigenvalue weighted by molar-refractivity contribution is 7.91. The van der Waals surface area contributed by atoms with E-state index >= 15 is 0 Å². The zero-order valence-corrected chi connectivity index (χ0v) is 17.0. The van der Waals surface area contributed by atoms with Crippen molar-refractivity contribution in [2.75, 3.05) is 5.94 Å². The molecule has 0 aromatic heterocycles. The molecule has 5 heteroatoms. The Bertz CT molecular complexity index is 603. The molecule has 0 heterocycles. The first-order valence-electron chi connectivity index (χ1n) is 7.64. The number of rotatable bonds is 4. The Hall–Kier alpha value is -0.653. The predicted molar refractivity (Wildman–Crippen MR) is 95.5 cm³/mol. The van der Waals surface area contributed by atoms with Crippen LogP contribution in [0.1, 0.15) is 47.1 Å². The van der Waals surface area contributed by atoms with Crippen LogP contribution in [0.4, 0.5) is 0 Å². The maximum Gasteiger partial charge on any atom is 0.201 e. The first kappa shape index (κ1) is 19.4. The second-order valence-electron chi connectivity index (χ2n) is 8.41. The second kappa shape index (κ2) is 6.10. The summed E-state index contributed by atoms with van der Waals surface area (Å²) in [5.74, 6) is -0.238. The summed E-state index contributed by atoms with van der Waals surface area (Å²) in [6, 6.07) is 7.15. The molecule has 1 aromatic carbocycles. The molecule has 0 atom stereocenters. The van der Waals surface area contributed by atoms with Crippen LogP contribution in [0.3, 0.4) is 0 Å². The van der Waals surface area contributed by atoms with Crippen LogP contribution in [0.25, 0.3) is 0 Å². The lowest BCUT2D eigenvalue weighted by Crippen LogP contribution is -2.42. The van der Waals surface area contributed by atoms with Crippen molar-refractivity contribution in [3.8, 4) is 0 Å². The van der Waals surface area contributed by atoms with E-state index in [0.29, 0.717) is 4.90 Å². The Balaban J connectivity index is 2.92. The van der Waals surface area contributed by atoms with Crippen molar-refractivity contribution in [1.82, 2.24) is 0 Å². The van der Waals surface area contributed by atoms with Crippen molar-refractivity contribution in [2.24, 2.45) is 0 Å². The molecule has 0 aliphatic heterocycles. The van der Waals surface area contributed by atoms with Crippen LogP contribution in [0.15, 0.2) is 29.2 Å². The summed E-state index contributed by atoms with van der Waals surface area (Å²) in [6.45, 7) is 16.7. The van der Waals surface area contributed by atoms with Gasteiger partial charge < -0.3 is 4.43 Å². The average molecular weight is 343 g/mol. The fraction of sp³-hybridized carbons (Fsp3) is 0.647. The van der Waals surface area contributed by atoms with Crippen molar-refractivity contribution in [3.63, 3.8) is 0 Å². The van der Waals surface area contributed by atoms with Gasteiger partial charge in [-0.15, -0.1) is 0 Å². The molecule has 0 N–H and O–H groups in total. The van der Waals surface area contributed by atoms with Gasteiger partial charge in [-0.05, 0) is 41.2 Å². The maximum atomic E-state index is 12.5. The van der Waals surface area contributed by atoms with Crippen molar-refractivity contribution in [3.05, 3.63) is 29.8 Å². The molecule has 0 radical (unpaired) electrons. The summed E-state index contributed by atoms with van der Waals surface area (Å²) in [7, 11) is -5.47. The van der Waals surface area contributed by atoms with Gasteiger partial charge in [-0.2, -0.15) is 0 Å². The maximum absolute atomic E-state index is 12.5. The standard InChI is InChI=1S/C17H30O3SSi/c1-16(2,3)14-9-11-15(12-10-14)21(18,19)13-20-22(7,8)17(4,5)6/h9-12H,13H2,1-8H3. The van der Waals surface area contributed by atoms with E-state index in [0.717, 1.165) is 5.56 Å². The Morgan fingerprint density at radius 1 is 0.955 bits per heavy atom. The average Bonchev–Trinajstić information content (AvgIpc) is 2.34. The van der Waals surface area contributed by atoms with E-state index in [-0.39, 0.29) is 16.4 Å². The summed E-state index contributed by atoms with van der Waals surface area (Å²) in [5.41, 5.74) is 1.14. The molecule has 0 bridgehead atoms. The lowest BCUT2D eigenvalue weighted by atomic mass is 9.87. The zero-order chi connectivity index (χ0) is 17.4. The van der Waals surface area contributed by atoms with Gasteiger partial charge in [0.25, 0.3) is 0 Å². The SMILES string of the molecule is CC(C)(C)c1ccc(S(=O)(=O)CO[Si](C)(C)C(C)(C)C)cc1. The third kappa shape index (κ3) is 4.67. The molecule has 126 valence electrons. The molecule has 1 aromatic rings. The Labute approximate surface area is 137 Å². The fourth-order valence-corrected chi connectivity index (χ4v) is 4.59. The highest BCUT2D eigenvalue weighted by Gasteiger charge is 2.38. The second-order valence-corrected chi connectivity index (χ2v) is 15.2. The van der Waals surface area contributed by atoms with Gasteiger partial charge in [0.1, 0.15) is 5.94 Å². The molecule has 3 nitrogen and oxygen atoms in total. The van der Waals surface area contributed by atoms with E-state index in [9.17, 15) is 8.42 Å². The van der Waals surface area contributed by atoms with E-state index in [1.165, 1.54) is 0 Å². The molecule has 0 aliphatic rings. The smallest absolute Gasteiger partial charge is 0.201 e. The topological polar surface area (TPSA) is 43.4 Å². The van der Waals surface area contributed by atoms with Crippen molar-refractivity contribution < 1.29 is 12.8 Å². The molecular weight excluding hydrogens is 312 g/mol. The number of hydrogen-bond donors (Lipinski definition) is 0. The van der Waals surface area contributed by atoms with Gasteiger partial charge in [0.05, 0.1) is 4.90 Å². The Kier molecular flexibility index (Phi) is 5.37. The quantitative estimate of drug-likeness (QED) is 0.742. The van der Waals surface area contributed by atoms with Gasteiger partial charge in [-0.3, -0.25) is 0 Å². The predicted octanol–water partition coefficient (Wildman–Crippen LogP) is 4.74. The van der Waals surface area contributed by atoms with E-state index in [2.05, 4.69) is 54.6 Å². The summed E-state index contributed by atoms with van der Waals surface area (Å²) in [6.07, 6.45) is 0. The van der Waals surface area contributed by atoms with E-state index < -0.39 is 18.2 Å². The Morgan fingerprint density at radius 3 is 1.77 bits per heavy atom. The van der Waals surface area contributed by atoms with Gasteiger partial charge in [0.15, 0.2) is 8.32 Å². The molecule has 0 saturated heterocycles. The van der Waals surface area contributed by atoms with Crippen LogP contribution in [0.2, 0.25) is 18.1 Å². The minimum absolute atomic E-state index is 0.00138. The van der Waals surface area contributed by atoms with Crippen molar-refractivity contribution >= 4 is 18.2 Å². The van der Waals surface area contributed by atoms with E-state index in [4.69, 9.17) is 4.43 Å². The molecular formula is C17H30O3SSi. The van der Waals surface area contributed by atoms with Crippen LogP contribution < -0.4 is 0 Å². The zero-order valence-electron chi connectivity index (χ0n) is 15.1. The molecule has 0 saturated carbocycles. The molecule has 0 amide bonds. The van der Waals surface area contributed by atoms with Crippen LogP contribution in [-0.2, 0) is 19.7 Å². The summed E-state index contributed by atoms with van der Waals surface area (Å²) in [4.78, 5) is 0.333. The Morgan fingerprint density at radius 2 is 1.41 bits per heavy atom. The van der Waals surface area contributed by atoms with Gasteiger partial charge in [-0.25, -0.2) is 8.42 Å². The van der Waals surface area contributed by atoms with Crippen LogP contribution in [0.5, 0.6) is 0 Å². The van der Waals surface area contributed by atoms with Gasteiger partial charge in [0, 0.05) is 0 Å². The van der Waals surface area contributed by atoms with Crippen LogP contribution in [0, 0.1) is 0 Å². The third-order valence-corrected chi connectivity index (χ3v) is 10.6. The van der Waals surface area contributed by atoms with E-state index in [1.54, 1.807) is 12.1 Å². The molecule has 0 aliphatic carbocycles. The van der Waals surface area contributed by atoms with Crippen LogP contribution >= 0.6 is 0 Å². The number of benzene rings is 1. The molecule has 22 heavy (non-hydrogen) atoms. The minimum Gasteiger partial charge on any atom is -0.403 e. The lowest BCUT2D eigenvalue weighted by molar-refractivity contribution is 0.342. The summed E-state index contributed by atoms with van der Waals surface area (Å²) in [5, 5.41) is -0.00138. The highest BCUT2D eigenvalue weighted by atomic mass is 32.2. The lowest BCUT2D eigenvalue weighted by Gasteiger charge is -2.35. The van der Waals surface area contributed by atoms with Gasteiger partial charge in [0.2, 0.25) is 9.84 Å². The van der Waals surface area contributed by atoms with Gasteiger partial charge in [-0.1, -0.05) is 53.7 Å². The first-order valence-corrected chi connectivity index (χ1v) is 12.2. The normalized spacial score (nSPS) is 14.2. The van der Waals surface area contributed by atoms with Crippen LogP contribution in [-0.4, -0.2) is 22.7 Å². The summed E-state index contributed by atoms with van der Waals surface area (Å²) >= 11 is 0. The van der Waals surface area contributed by atoms with E-state index in [1.807, 2.05) is 12.1 Å². The fourth-order valence-electron chi connectivity index (χ4n) is 1.67. The molecule has 0 unspecified atom stereocenters. The summed E-state index contributed by atoms with van der Waals surface area (Å²) < 4.78 is 30.8. The largest absolute Gasteiger partial charge is 0.403 e. The minimum atomic E-state index is -3.40. The molecule has 1 rings (SSSR count). The van der Waals surface area contributed by atoms with Crippen molar-refractivity contribution in [2.45, 2.75) is 70.0 Å². The molecule has 0 spiro atoms. The highest BCUT2D eigenvalue weighted by Crippen LogP contribution is 2.37.